The van der Waals surface area contributed by atoms with Crippen molar-refractivity contribution in [2.45, 2.75) is 73.1 Å². The first kappa shape index (κ1) is 27.7. The molecule has 1 aliphatic heterocycles. The fourth-order valence-electron chi connectivity index (χ4n) is 5.99. The average Bonchev–Trinajstić information content (AvgIpc) is 3.23. The van der Waals surface area contributed by atoms with E-state index in [-0.39, 0.29) is 5.41 Å². The third-order valence-corrected chi connectivity index (χ3v) is 8.04. The molecule has 0 aliphatic carbocycles. The van der Waals surface area contributed by atoms with Crippen LogP contribution in [-0.4, -0.2) is 30.7 Å². The Kier molecular flexibility index (Phi) is 8.49. The van der Waals surface area contributed by atoms with Crippen LogP contribution in [0.2, 0.25) is 0 Å². The van der Waals surface area contributed by atoms with Gasteiger partial charge in [-0.1, -0.05) is 53.2 Å². The van der Waals surface area contributed by atoms with E-state index in [0.717, 1.165) is 70.2 Å². The van der Waals surface area contributed by atoms with E-state index >= 15 is 0 Å². The van der Waals surface area contributed by atoms with E-state index in [1.54, 1.807) is 20.5 Å². The summed E-state index contributed by atoms with van der Waals surface area (Å²) in [7, 11) is 3.46. The molecule has 0 saturated carbocycles. The highest BCUT2D eigenvalue weighted by Gasteiger charge is 2.40. The molecule has 1 fully saturated rings. The zero-order valence-corrected chi connectivity index (χ0v) is 24.3. The van der Waals surface area contributed by atoms with Crippen molar-refractivity contribution in [3.63, 3.8) is 0 Å². The molecule has 2 aromatic carbocycles. The minimum Gasteiger partial charge on any atom is -0.496 e. The highest BCUT2D eigenvalue weighted by atomic mass is 16.5. The summed E-state index contributed by atoms with van der Waals surface area (Å²) in [5.74, 6) is 3.18. The van der Waals surface area contributed by atoms with Crippen LogP contribution in [0.3, 0.4) is 0 Å². The van der Waals surface area contributed by atoms with Gasteiger partial charge in [0.1, 0.15) is 23.6 Å². The first-order chi connectivity index (χ1) is 18.3. The Labute approximate surface area is 228 Å². The van der Waals surface area contributed by atoms with E-state index in [0.29, 0.717) is 5.92 Å². The highest BCUT2D eigenvalue weighted by molar-refractivity contribution is 5.95. The fourth-order valence-corrected chi connectivity index (χ4v) is 5.99. The lowest BCUT2D eigenvalue weighted by Gasteiger charge is -2.30. The molecule has 3 aromatic rings. The van der Waals surface area contributed by atoms with Crippen molar-refractivity contribution in [2.75, 3.05) is 31.0 Å². The second kappa shape index (κ2) is 11.6. The topological polar surface area (TPSA) is 59.5 Å². The van der Waals surface area contributed by atoms with E-state index in [4.69, 9.17) is 9.47 Å². The van der Waals surface area contributed by atoms with Crippen molar-refractivity contribution in [3.05, 3.63) is 54.0 Å². The predicted molar refractivity (Wildman–Crippen MR) is 159 cm³/mol. The summed E-state index contributed by atoms with van der Waals surface area (Å²) in [6, 6.07) is 8.40. The lowest BCUT2D eigenvalue weighted by Crippen LogP contribution is -2.27. The smallest absolute Gasteiger partial charge is 0.144 e. The molecule has 1 aliphatic rings. The van der Waals surface area contributed by atoms with Gasteiger partial charge in [-0.2, -0.15) is 0 Å². The Morgan fingerprint density at radius 2 is 1.89 bits per heavy atom. The zero-order chi connectivity index (χ0) is 27.4. The van der Waals surface area contributed by atoms with Crippen molar-refractivity contribution >= 4 is 28.1 Å². The van der Waals surface area contributed by atoms with E-state index < -0.39 is 0 Å². The highest BCUT2D eigenvalue weighted by Crippen LogP contribution is 2.49. The number of fused-ring (bicyclic) bond motifs is 1. The van der Waals surface area contributed by atoms with Crippen LogP contribution < -0.4 is 19.7 Å². The summed E-state index contributed by atoms with van der Waals surface area (Å²) in [5.41, 5.74) is 6.49. The van der Waals surface area contributed by atoms with Crippen LogP contribution in [0.4, 0.5) is 17.2 Å². The first-order valence-corrected chi connectivity index (χ1v) is 14.0. The van der Waals surface area contributed by atoms with Gasteiger partial charge in [-0.25, -0.2) is 9.97 Å². The standard InChI is InChI=1S/C32H44N4O2/c1-9-14-32(15-13-21(3)4)18-22(5)36(19-32)28-16-25-27(17-29(28)37-7)33-20-34-31(25)35-26-12-11-24(10-2)30(38-8)23(26)6/h11-12,16-17,20-21H,5,9-10,13-15,18-19H2,1-4,6-8H3,(H,33,34,35). The first-order valence-electron chi connectivity index (χ1n) is 14.0. The molecule has 2 heterocycles. The van der Waals surface area contributed by atoms with Crippen LogP contribution in [0.25, 0.3) is 10.9 Å². The summed E-state index contributed by atoms with van der Waals surface area (Å²) in [5, 5.41) is 4.51. The van der Waals surface area contributed by atoms with Gasteiger partial charge in [0.25, 0.3) is 0 Å². The second-order valence-corrected chi connectivity index (χ2v) is 11.2. The minimum absolute atomic E-state index is 0.249. The number of nitrogens with zero attached hydrogens (tertiary/aromatic N) is 3. The number of aryl methyl sites for hydroxylation is 1. The van der Waals surface area contributed by atoms with Crippen LogP contribution in [-0.2, 0) is 6.42 Å². The number of benzene rings is 2. The van der Waals surface area contributed by atoms with Gasteiger partial charge in [0, 0.05) is 34.9 Å². The maximum atomic E-state index is 5.89. The number of aromatic nitrogens is 2. The molecule has 1 aromatic heterocycles. The second-order valence-electron chi connectivity index (χ2n) is 11.2. The molecule has 0 amide bonds. The Morgan fingerprint density at radius 3 is 2.55 bits per heavy atom. The fraction of sp³-hybridized carbons (Fsp3) is 0.500. The van der Waals surface area contributed by atoms with Crippen LogP contribution in [0.1, 0.15) is 70.9 Å². The molecule has 1 atom stereocenters. The lowest BCUT2D eigenvalue weighted by atomic mass is 9.76. The number of rotatable bonds is 11. The van der Waals surface area contributed by atoms with Gasteiger partial charge in [0.05, 0.1) is 25.4 Å². The molecule has 1 unspecified atom stereocenters. The largest absolute Gasteiger partial charge is 0.496 e. The molecule has 4 rings (SSSR count). The third kappa shape index (κ3) is 5.45. The molecule has 1 N–H and O–H groups in total. The van der Waals surface area contributed by atoms with Crippen LogP contribution in [0.15, 0.2) is 42.9 Å². The Balaban J connectivity index is 1.75. The number of allylic oxidation sites excluding steroid dienone is 1. The number of ether oxygens (including phenoxy) is 2. The Bertz CT molecular complexity index is 1300. The van der Waals surface area contributed by atoms with Crippen molar-refractivity contribution in [3.8, 4) is 11.5 Å². The summed E-state index contributed by atoms with van der Waals surface area (Å²) >= 11 is 0. The summed E-state index contributed by atoms with van der Waals surface area (Å²) in [6.45, 7) is 16.6. The summed E-state index contributed by atoms with van der Waals surface area (Å²) < 4.78 is 11.6. The normalized spacial score (nSPS) is 17.5. The number of anilines is 3. The zero-order valence-electron chi connectivity index (χ0n) is 24.3. The van der Waals surface area contributed by atoms with Crippen LogP contribution in [0, 0.1) is 18.3 Å². The van der Waals surface area contributed by atoms with Gasteiger partial charge in [-0.15, -0.1) is 0 Å². The molecule has 0 radical (unpaired) electrons. The van der Waals surface area contributed by atoms with Gasteiger partial charge in [-0.3, -0.25) is 0 Å². The molecule has 0 spiro atoms. The number of nitrogens with one attached hydrogen (secondary N) is 1. The Hall–Kier alpha value is -3.28. The average molecular weight is 517 g/mol. The van der Waals surface area contributed by atoms with E-state index in [1.807, 2.05) is 6.07 Å². The molecular formula is C32H44N4O2. The molecule has 6 heteroatoms. The number of methoxy groups -OCH3 is 2. The quantitative estimate of drug-likeness (QED) is 0.277. The molecule has 6 nitrogen and oxygen atoms in total. The van der Waals surface area contributed by atoms with Crippen molar-refractivity contribution in [2.24, 2.45) is 11.3 Å². The molecule has 38 heavy (non-hydrogen) atoms. The molecule has 0 bridgehead atoms. The monoisotopic (exact) mass is 516 g/mol. The van der Waals surface area contributed by atoms with E-state index in [2.05, 4.69) is 79.6 Å². The lowest BCUT2D eigenvalue weighted by molar-refractivity contribution is 0.254. The van der Waals surface area contributed by atoms with Gasteiger partial charge in [-0.05, 0) is 61.6 Å². The summed E-state index contributed by atoms with van der Waals surface area (Å²) in [4.78, 5) is 11.6. The van der Waals surface area contributed by atoms with Crippen LogP contribution in [0.5, 0.6) is 11.5 Å². The van der Waals surface area contributed by atoms with Crippen LogP contribution >= 0.6 is 0 Å². The molecule has 204 valence electrons. The van der Waals surface area contributed by atoms with Crippen molar-refractivity contribution < 1.29 is 9.47 Å². The van der Waals surface area contributed by atoms with Gasteiger partial charge >= 0.3 is 0 Å². The number of hydrogen-bond donors (Lipinski definition) is 1. The molecular weight excluding hydrogens is 472 g/mol. The SMILES string of the molecule is C=C1CC(CCC)(CCC(C)C)CN1c1cc2c(Nc3ccc(CC)c(OC)c3C)ncnc2cc1OC. The van der Waals surface area contributed by atoms with Gasteiger partial charge in [0.2, 0.25) is 0 Å². The van der Waals surface area contributed by atoms with E-state index in [9.17, 15) is 0 Å². The van der Waals surface area contributed by atoms with Gasteiger partial charge in [0.15, 0.2) is 0 Å². The third-order valence-electron chi connectivity index (χ3n) is 8.04. The van der Waals surface area contributed by atoms with E-state index in [1.165, 1.54) is 31.2 Å². The minimum atomic E-state index is 0.249. The molecule has 1 saturated heterocycles. The summed E-state index contributed by atoms with van der Waals surface area (Å²) in [6.07, 6.45) is 8.37. The maximum absolute atomic E-state index is 5.89. The van der Waals surface area contributed by atoms with Crippen molar-refractivity contribution in [1.29, 1.82) is 0 Å². The Morgan fingerprint density at radius 1 is 1.11 bits per heavy atom. The predicted octanol–water partition coefficient (Wildman–Crippen LogP) is 8.21. The van der Waals surface area contributed by atoms with Gasteiger partial charge < -0.3 is 19.7 Å². The maximum Gasteiger partial charge on any atom is 0.144 e. The number of hydrogen-bond acceptors (Lipinski definition) is 6. The van der Waals surface area contributed by atoms with Crippen molar-refractivity contribution in [1.82, 2.24) is 9.97 Å².